The van der Waals surface area contributed by atoms with E-state index in [0.717, 1.165) is 4.90 Å². The number of rotatable bonds is 1. The monoisotopic (exact) mass is 204 g/mol. The lowest BCUT2D eigenvalue weighted by Gasteiger charge is -1.95. The molecule has 0 heterocycles. The highest BCUT2D eigenvalue weighted by atomic mass is 79.9. The topological polar surface area (TPSA) is 20.2 Å². The van der Waals surface area contributed by atoms with Crippen molar-refractivity contribution in [3.63, 3.8) is 0 Å². The summed E-state index contributed by atoms with van der Waals surface area (Å²) in [7, 11) is 1.36. The number of hydrogen-bond acceptors (Lipinski definition) is 2. The highest BCUT2D eigenvalue weighted by Crippen LogP contribution is 2.31. The Morgan fingerprint density at radius 3 is 2.44 bits per heavy atom. The number of halogens is 1. The molecule has 0 unspecified atom stereocenters. The van der Waals surface area contributed by atoms with Gasteiger partial charge in [-0.2, -0.15) is 0 Å². The van der Waals surface area contributed by atoms with Crippen LogP contribution in [0.25, 0.3) is 0 Å². The summed E-state index contributed by atoms with van der Waals surface area (Å²) >= 11 is 3.16. The van der Waals surface area contributed by atoms with Crippen LogP contribution in [0.15, 0.2) is 29.2 Å². The lowest BCUT2D eigenvalue weighted by molar-refractivity contribution is 0.462. The minimum Gasteiger partial charge on any atom is -0.507 e. The summed E-state index contributed by atoms with van der Waals surface area (Å²) in [6.07, 6.45) is 0. The first kappa shape index (κ1) is 6.96. The van der Waals surface area contributed by atoms with E-state index in [1.54, 1.807) is 12.1 Å². The molecule has 0 saturated heterocycles. The van der Waals surface area contributed by atoms with Gasteiger partial charge in [-0.1, -0.05) is 12.1 Å². The molecule has 0 atom stereocenters. The standard InChI is InChI=1S/C6H5BrOS/c7-9-6-4-2-1-3-5(6)8/h1-4,8H. The van der Waals surface area contributed by atoms with Gasteiger partial charge in [-0.3, -0.25) is 0 Å². The zero-order chi connectivity index (χ0) is 6.69. The third-order valence-electron chi connectivity index (χ3n) is 0.948. The second-order valence-electron chi connectivity index (χ2n) is 1.54. The van der Waals surface area contributed by atoms with Gasteiger partial charge in [0.05, 0.1) is 4.90 Å². The quantitative estimate of drug-likeness (QED) is 0.760. The van der Waals surface area contributed by atoms with E-state index in [2.05, 4.69) is 14.8 Å². The van der Waals surface area contributed by atoms with Crippen LogP contribution in [0.2, 0.25) is 0 Å². The minimum absolute atomic E-state index is 0.319. The molecule has 1 aromatic rings. The number of aromatic hydroxyl groups is 1. The Labute approximate surface area is 65.3 Å². The summed E-state index contributed by atoms with van der Waals surface area (Å²) in [6.45, 7) is 0. The minimum atomic E-state index is 0.319. The largest absolute Gasteiger partial charge is 0.507 e. The molecule has 0 amide bonds. The van der Waals surface area contributed by atoms with Crippen LogP contribution in [-0.4, -0.2) is 5.11 Å². The first-order valence-corrected chi connectivity index (χ1v) is 5.07. The number of phenolic OH excluding ortho intramolecular Hbond substituents is 1. The van der Waals surface area contributed by atoms with Gasteiger partial charge < -0.3 is 5.11 Å². The molecular weight excluding hydrogens is 200 g/mol. The van der Waals surface area contributed by atoms with Crippen molar-refractivity contribution in [2.45, 2.75) is 4.90 Å². The van der Waals surface area contributed by atoms with Crippen LogP contribution in [-0.2, 0) is 0 Å². The van der Waals surface area contributed by atoms with E-state index in [1.807, 2.05) is 12.1 Å². The van der Waals surface area contributed by atoms with Crippen molar-refractivity contribution in [3.05, 3.63) is 24.3 Å². The molecule has 0 aliphatic rings. The molecule has 0 aliphatic carbocycles. The van der Waals surface area contributed by atoms with Crippen molar-refractivity contribution in [2.75, 3.05) is 0 Å². The van der Waals surface area contributed by atoms with E-state index in [9.17, 15) is 0 Å². The fourth-order valence-corrected chi connectivity index (χ4v) is 1.62. The second kappa shape index (κ2) is 3.13. The van der Waals surface area contributed by atoms with Gasteiger partial charge in [0.15, 0.2) is 0 Å². The van der Waals surface area contributed by atoms with Gasteiger partial charge in [0.25, 0.3) is 0 Å². The summed E-state index contributed by atoms with van der Waals surface area (Å²) in [5.74, 6) is 0.319. The molecule has 3 heteroatoms. The van der Waals surface area contributed by atoms with Crippen molar-refractivity contribution in [3.8, 4) is 5.75 Å². The first-order chi connectivity index (χ1) is 4.34. The zero-order valence-corrected chi connectivity index (χ0v) is 6.95. The van der Waals surface area contributed by atoms with Crippen LogP contribution < -0.4 is 0 Å². The average Bonchev–Trinajstić information content (AvgIpc) is 1.89. The molecular formula is C6H5BrOS. The van der Waals surface area contributed by atoms with E-state index in [4.69, 9.17) is 5.11 Å². The average molecular weight is 205 g/mol. The first-order valence-electron chi connectivity index (χ1n) is 2.41. The molecule has 0 aromatic heterocycles. The number of benzene rings is 1. The SMILES string of the molecule is Oc1ccccc1SBr. The van der Waals surface area contributed by atoms with Crippen molar-refractivity contribution in [2.24, 2.45) is 0 Å². The molecule has 0 saturated carbocycles. The van der Waals surface area contributed by atoms with E-state index in [-0.39, 0.29) is 0 Å². The Hall–Kier alpha value is -0.150. The maximum absolute atomic E-state index is 9.06. The predicted molar refractivity (Wildman–Crippen MR) is 42.9 cm³/mol. The number of phenols is 1. The van der Waals surface area contributed by atoms with Crippen molar-refractivity contribution in [1.82, 2.24) is 0 Å². The predicted octanol–water partition coefficient (Wildman–Crippen LogP) is 2.79. The van der Waals surface area contributed by atoms with Gasteiger partial charge in [0, 0.05) is 0 Å². The van der Waals surface area contributed by atoms with Gasteiger partial charge in [-0.05, 0) is 37.1 Å². The van der Waals surface area contributed by atoms with Crippen LogP contribution in [0, 0.1) is 0 Å². The zero-order valence-electron chi connectivity index (χ0n) is 4.54. The molecule has 1 aromatic carbocycles. The molecule has 0 radical (unpaired) electrons. The normalized spacial score (nSPS) is 9.44. The van der Waals surface area contributed by atoms with Crippen molar-refractivity contribution < 1.29 is 5.11 Å². The van der Waals surface area contributed by atoms with Crippen molar-refractivity contribution >= 4 is 25.0 Å². The highest BCUT2D eigenvalue weighted by molar-refractivity contribution is 9.50. The molecule has 1 nitrogen and oxygen atoms in total. The lowest BCUT2D eigenvalue weighted by Crippen LogP contribution is -1.66. The Morgan fingerprint density at radius 1 is 1.33 bits per heavy atom. The van der Waals surface area contributed by atoms with Gasteiger partial charge in [-0.15, -0.1) is 0 Å². The summed E-state index contributed by atoms with van der Waals surface area (Å²) in [6, 6.07) is 7.17. The van der Waals surface area contributed by atoms with Crippen LogP contribution in [0.1, 0.15) is 0 Å². The molecule has 1 rings (SSSR count). The fourth-order valence-electron chi connectivity index (χ4n) is 0.522. The van der Waals surface area contributed by atoms with E-state index in [0.29, 0.717) is 5.75 Å². The number of hydrogen-bond donors (Lipinski definition) is 1. The summed E-state index contributed by atoms with van der Waals surface area (Å²) < 4.78 is 0. The molecule has 48 valence electrons. The summed E-state index contributed by atoms with van der Waals surface area (Å²) in [4.78, 5) is 0.845. The summed E-state index contributed by atoms with van der Waals surface area (Å²) in [5.41, 5.74) is 0. The van der Waals surface area contributed by atoms with Gasteiger partial charge >= 0.3 is 0 Å². The van der Waals surface area contributed by atoms with Crippen molar-refractivity contribution in [1.29, 1.82) is 0 Å². The Morgan fingerprint density at radius 2 is 2.00 bits per heavy atom. The molecule has 0 fully saturated rings. The van der Waals surface area contributed by atoms with Crippen LogP contribution in [0.5, 0.6) is 5.75 Å². The number of para-hydroxylation sites is 1. The van der Waals surface area contributed by atoms with E-state index < -0.39 is 0 Å². The maximum atomic E-state index is 9.06. The fraction of sp³-hybridized carbons (Fsp3) is 0. The smallest absolute Gasteiger partial charge is 0.130 e. The molecule has 0 spiro atoms. The Balaban J connectivity index is 3.01. The van der Waals surface area contributed by atoms with E-state index in [1.165, 1.54) is 10.2 Å². The summed E-state index contributed by atoms with van der Waals surface area (Å²) in [5, 5.41) is 9.06. The lowest BCUT2D eigenvalue weighted by atomic mass is 10.3. The maximum Gasteiger partial charge on any atom is 0.130 e. The second-order valence-corrected chi connectivity index (χ2v) is 3.11. The van der Waals surface area contributed by atoms with Crippen LogP contribution in [0.3, 0.4) is 0 Å². The van der Waals surface area contributed by atoms with Gasteiger partial charge in [-0.25, -0.2) is 0 Å². The molecule has 9 heavy (non-hydrogen) atoms. The Kier molecular flexibility index (Phi) is 2.42. The van der Waals surface area contributed by atoms with Crippen LogP contribution in [0.4, 0.5) is 0 Å². The highest BCUT2D eigenvalue weighted by Gasteiger charge is 1.94. The molecule has 0 aliphatic heterocycles. The molecule has 0 bridgehead atoms. The third kappa shape index (κ3) is 1.63. The van der Waals surface area contributed by atoms with Crippen LogP contribution >= 0.6 is 25.0 Å². The molecule has 1 N–H and O–H groups in total. The van der Waals surface area contributed by atoms with Gasteiger partial charge in [0.2, 0.25) is 0 Å². The third-order valence-corrected chi connectivity index (χ3v) is 2.51. The Bertz CT molecular complexity index is 202. The van der Waals surface area contributed by atoms with E-state index >= 15 is 0 Å². The van der Waals surface area contributed by atoms with Gasteiger partial charge in [0.1, 0.15) is 5.75 Å².